The van der Waals surface area contributed by atoms with Gasteiger partial charge in [0.05, 0.1) is 13.2 Å². The first-order valence-corrected chi connectivity index (χ1v) is 13.5. The second-order valence-electron chi connectivity index (χ2n) is 8.65. The molecule has 3 amide bonds. The molecule has 1 N–H and O–H groups in total. The van der Waals surface area contributed by atoms with E-state index in [0.717, 1.165) is 28.6 Å². The Bertz CT molecular complexity index is 979. The Labute approximate surface area is 228 Å². The minimum Gasteiger partial charge on any atom is -0.465 e. The number of amides is 3. The van der Waals surface area contributed by atoms with Gasteiger partial charge in [-0.2, -0.15) is 0 Å². The molecular weight excluding hydrogens is 540 g/mol. The maximum atomic E-state index is 13.4. The molecule has 0 saturated heterocycles. The zero-order chi connectivity index (χ0) is 27.0. The molecule has 37 heavy (non-hydrogen) atoms. The summed E-state index contributed by atoms with van der Waals surface area (Å²) in [4.78, 5) is 41.2. The van der Waals surface area contributed by atoms with Gasteiger partial charge in [0.25, 0.3) is 0 Å². The number of benzene rings is 1. The third-order valence-corrected chi connectivity index (χ3v) is 6.28. The number of methoxy groups -OCH3 is 1. The molecule has 0 aliphatic heterocycles. The van der Waals surface area contributed by atoms with Crippen molar-refractivity contribution in [1.82, 2.24) is 19.7 Å². The van der Waals surface area contributed by atoms with Gasteiger partial charge in [-0.3, -0.25) is 9.59 Å². The standard InChI is InChI=1S/C27H39BrN4O5/c1-4-6-14-31(20-24-9-7-15-30(24)19-22-10-12-23(28)13-11-22)25(33)21-32(16-8-17-36-3)27(35)29-18-26(34)37-5-2/h7,9-13,15H,4-6,8,14,16-21H2,1-3H3,(H,29,35). The van der Waals surface area contributed by atoms with Crippen LogP contribution >= 0.6 is 15.9 Å². The average molecular weight is 580 g/mol. The summed E-state index contributed by atoms with van der Waals surface area (Å²) in [6.45, 7) is 6.21. The summed E-state index contributed by atoms with van der Waals surface area (Å²) in [7, 11) is 1.59. The summed E-state index contributed by atoms with van der Waals surface area (Å²) in [5.41, 5.74) is 2.18. The molecule has 1 heterocycles. The van der Waals surface area contributed by atoms with Crippen molar-refractivity contribution in [3.63, 3.8) is 0 Å². The first-order chi connectivity index (χ1) is 17.9. The Kier molecular flexibility index (Phi) is 13.8. The molecule has 1 aromatic carbocycles. The molecule has 0 saturated carbocycles. The van der Waals surface area contributed by atoms with Crippen molar-refractivity contribution >= 4 is 33.8 Å². The largest absolute Gasteiger partial charge is 0.465 e. The van der Waals surface area contributed by atoms with E-state index < -0.39 is 12.0 Å². The average Bonchev–Trinajstić information content (AvgIpc) is 3.32. The van der Waals surface area contributed by atoms with Crippen LogP contribution in [0.15, 0.2) is 47.1 Å². The van der Waals surface area contributed by atoms with Crippen LogP contribution in [-0.2, 0) is 32.2 Å². The minimum absolute atomic E-state index is 0.0878. The van der Waals surface area contributed by atoms with Gasteiger partial charge < -0.3 is 29.2 Å². The van der Waals surface area contributed by atoms with Crippen molar-refractivity contribution in [3.05, 3.63) is 58.3 Å². The number of nitrogens with zero attached hydrogens (tertiary/aromatic N) is 3. The van der Waals surface area contributed by atoms with Crippen molar-refractivity contribution in [1.29, 1.82) is 0 Å². The third kappa shape index (κ3) is 11.0. The topological polar surface area (TPSA) is 93.1 Å². The van der Waals surface area contributed by atoms with E-state index in [2.05, 4.69) is 44.9 Å². The Morgan fingerprint density at radius 3 is 2.43 bits per heavy atom. The van der Waals surface area contributed by atoms with Gasteiger partial charge in [-0.05, 0) is 49.6 Å². The fraction of sp³-hybridized carbons (Fsp3) is 0.519. The zero-order valence-electron chi connectivity index (χ0n) is 22.1. The normalized spacial score (nSPS) is 10.7. The number of halogens is 1. The molecule has 9 nitrogen and oxygen atoms in total. The molecule has 1 aromatic heterocycles. The van der Waals surface area contributed by atoms with Crippen molar-refractivity contribution in [3.8, 4) is 0 Å². The lowest BCUT2D eigenvalue weighted by atomic mass is 10.2. The lowest BCUT2D eigenvalue weighted by Gasteiger charge is -2.28. The third-order valence-electron chi connectivity index (χ3n) is 5.76. The maximum Gasteiger partial charge on any atom is 0.325 e. The molecule has 2 aromatic rings. The minimum atomic E-state index is -0.518. The monoisotopic (exact) mass is 578 g/mol. The lowest BCUT2D eigenvalue weighted by Crippen LogP contribution is -2.48. The highest BCUT2D eigenvalue weighted by atomic mass is 79.9. The number of hydrogen-bond acceptors (Lipinski definition) is 5. The van der Waals surface area contributed by atoms with Crippen molar-refractivity contribution < 1.29 is 23.9 Å². The van der Waals surface area contributed by atoms with E-state index in [0.29, 0.717) is 39.2 Å². The molecule has 0 unspecified atom stereocenters. The van der Waals surface area contributed by atoms with Gasteiger partial charge in [0, 0.05) is 49.7 Å². The number of carbonyl (C=O) groups excluding carboxylic acids is 3. The van der Waals surface area contributed by atoms with Crippen LogP contribution in [0.3, 0.4) is 0 Å². The molecular formula is C27H39BrN4O5. The second-order valence-corrected chi connectivity index (χ2v) is 9.57. The van der Waals surface area contributed by atoms with Crippen LogP contribution in [-0.4, -0.2) is 78.8 Å². The van der Waals surface area contributed by atoms with Gasteiger partial charge in [-0.1, -0.05) is 41.4 Å². The fourth-order valence-corrected chi connectivity index (χ4v) is 4.02. The number of ether oxygens (including phenoxy) is 2. The van der Waals surface area contributed by atoms with Crippen LogP contribution in [0.25, 0.3) is 0 Å². The molecule has 10 heteroatoms. The lowest BCUT2D eigenvalue weighted by molar-refractivity contribution is -0.141. The van der Waals surface area contributed by atoms with E-state index in [4.69, 9.17) is 9.47 Å². The Morgan fingerprint density at radius 2 is 1.76 bits per heavy atom. The van der Waals surface area contributed by atoms with E-state index in [-0.39, 0.29) is 25.6 Å². The van der Waals surface area contributed by atoms with Crippen LogP contribution in [0.2, 0.25) is 0 Å². The summed E-state index contributed by atoms with van der Waals surface area (Å²) < 4.78 is 13.2. The number of nitrogens with one attached hydrogen (secondary N) is 1. The van der Waals surface area contributed by atoms with Crippen LogP contribution in [0.4, 0.5) is 4.79 Å². The van der Waals surface area contributed by atoms with E-state index >= 15 is 0 Å². The van der Waals surface area contributed by atoms with Crippen LogP contribution in [0, 0.1) is 0 Å². The molecule has 0 aliphatic carbocycles. The molecule has 2 rings (SSSR count). The number of carbonyl (C=O) groups is 3. The Balaban J connectivity index is 2.10. The number of esters is 1. The number of urea groups is 1. The highest BCUT2D eigenvalue weighted by Crippen LogP contribution is 2.15. The van der Waals surface area contributed by atoms with E-state index in [9.17, 15) is 14.4 Å². The molecule has 0 spiro atoms. The molecule has 0 atom stereocenters. The first-order valence-electron chi connectivity index (χ1n) is 12.7. The fourth-order valence-electron chi connectivity index (χ4n) is 3.76. The predicted molar refractivity (Wildman–Crippen MR) is 146 cm³/mol. The van der Waals surface area contributed by atoms with Gasteiger partial charge in [0.1, 0.15) is 13.1 Å². The van der Waals surface area contributed by atoms with Crippen LogP contribution in [0.1, 0.15) is 44.4 Å². The van der Waals surface area contributed by atoms with Crippen LogP contribution < -0.4 is 5.32 Å². The molecule has 0 radical (unpaired) electrons. The number of hydrogen-bond donors (Lipinski definition) is 1. The molecule has 0 fully saturated rings. The summed E-state index contributed by atoms with van der Waals surface area (Å²) in [6, 6.07) is 11.7. The van der Waals surface area contributed by atoms with Crippen LogP contribution in [0.5, 0.6) is 0 Å². The summed E-state index contributed by atoms with van der Waals surface area (Å²) >= 11 is 3.47. The van der Waals surface area contributed by atoms with Crippen molar-refractivity contribution in [2.24, 2.45) is 0 Å². The van der Waals surface area contributed by atoms with E-state index in [1.807, 2.05) is 30.5 Å². The first kappa shape index (κ1) is 30.4. The quantitative estimate of drug-likeness (QED) is 0.240. The zero-order valence-corrected chi connectivity index (χ0v) is 23.7. The van der Waals surface area contributed by atoms with Gasteiger partial charge in [0.2, 0.25) is 5.91 Å². The van der Waals surface area contributed by atoms with Gasteiger partial charge in [-0.25, -0.2) is 4.79 Å². The number of aromatic nitrogens is 1. The summed E-state index contributed by atoms with van der Waals surface area (Å²) in [5.74, 6) is -0.663. The summed E-state index contributed by atoms with van der Waals surface area (Å²) in [6.07, 6.45) is 4.39. The van der Waals surface area contributed by atoms with Crippen molar-refractivity contribution in [2.45, 2.75) is 46.2 Å². The highest BCUT2D eigenvalue weighted by Gasteiger charge is 2.22. The van der Waals surface area contributed by atoms with Crippen molar-refractivity contribution in [2.75, 3.05) is 46.5 Å². The number of rotatable bonds is 16. The SMILES string of the molecule is CCCCN(Cc1cccn1Cc1ccc(Br)cc1)C(=O)CN(CCCOC)C(=O)NCC(=O)OCC. The Morgan fingerprint density at radius 1 is 1.03 bits per heavy atom. The van der Waals surface area contributed by atoms with Gasteiger partial charge in [0.15, 0.2) is 0 Å². The van der Waals surface area contributed by atoms with Gasteiger partial charge >= 0.3 is 12.0 Å². The van der Waals surface area contributed by atoms with Gasteiger partial charge in [-0.15, -0.1) is 0 Å². The molecule has 0 bridgehead atoms. The highest BCUT2D eigenvalue weighted by molar-refractivity contribution is 9.10. The second kappa shape index (κ2) is 16.8. The smallest absolute Gasteiger partial charge is 0.325 e. The number of unbranched alkanes of at least 4 members (excludes halogenated alkanes) is 1. The molecule has 204 valence electrons. The van der Waals surface area contributed by atoms with E-state index in [1.165, 1.54) is 4.90 Å². The maximum absolute atomic E-state index is 13.4. The molecule has 0 aliphatic rings. The van der Waals surface area contributed by atoms with E-state index in [1.54, 1.807) is 18.9 Å². The predicted octanol–water partition coefficient (Wildman–Crippen LogP) is 4.04. The Hall–Kier alpha value is -2.85. The summed E-state index contributed by atoms with van der Waals surface area (Å²) in [5, 5.41) is 2.56.